The van der Waals surface area contributed by atoms with E-state index in [1.165, 1.54) is 36.6 Å². The third-order valence-electron chi connectivity index (χ3n) is 5.89. The van der Waals surface area contributed by atoms with Crippen molar-refractivity contribution < 1.29 is 37.3 Å². The van der Waals surface area contributed by atoms with Crippen molar-refractivity contribution in [3.05, 3.63) is 65.5 Å². The maximum atomic E-state index is 13.8. The molecule has 4 aromatic rings. The molecule has 0 spiro atoms. The molecule has 1 saturated heterocycles. The van der Waals surface area contributed by atoms with Crippen LogP contribution in [0, 0.1) is 17.5 Å². The first-order chi connectivity index (χ1) is 18.3. The lowest BCUT2D eigenvalue weighted by Crippen LogP contribution is -2.55. The summed E-state index contributed by atoms with van der Waals surface area (Å²) in [4.78, 5) is 8.96. The van der Waals surface area contributed by atoms with E-state index in [0.717, 1.165) is 23.9 Å². The van der Waals surface area contributed by atoms with Gasteiger partial charge in [-0.1, -0.05) is 28.6 Å². The van der Waals surface area contributed by atoms with Crippen molar-refractivity contribution >= 4 is 23.4 Å². The van der Waals surface area contributed by atoms with Crippen LogP contribution in [0.4, 0.5) is 13.2 Å². The largest absolute Gasteiger partial charge is 0.443 e. The normalized spacial score (nSPS) is 23.6. The van der Waals surface area contributed by atoms with Crippen molar-refractivity contribution in [1.29, 1.82) is 0 Å². The van der Waals surface area contributed by atoms with E-state index in [-0.39, 0.29) is 17.1 Å². The van der Waals surface area contributed by atoms with E-state index >= 15 is 0 Å². The lowest BCUT2D eigenvalue weighted by atomic mass is 9.97. The zero-order chi connectivity index (χ0) is 27.0. The molecule has 1 aromatic carbocycles. The van der Waals surface area contributed by atoms with Crippen LogP contribution in [0.25, 0.3) is 22.8 Å². The number of pyridine rings is 1. The summed E-state index contributed by atoms with van der Waals surface area (Å²) >= 11 is 7.33. The van der Waals surface area contributed by atoms with Gasteiger partial charge in [0.25, 0.3) is 0 Å². The quantitative estimate of drug-likeness (QED) is 0.319. The second-order valence-electron chi connectivity index (χ2n) is 8.20. The Morgan fingerprint density at radius 2 is 1.95 bits per heavy atom. The highest BCUT2D eigenvalue weighted by molar-refractivity contribution is 8.00. The van der Waals surface area contributed by atoms with Crippen LogP contribution in [-0.2, 0) is 9.47 Å². The molecule has 10 nitrogen and oxygen atoms in total. The Morgan fingerprint density at radius 1 is 1.18 bits per heavy atom. The van der Waals surface area contributed by atoms with Crippen LogP contribution in [0.15, 0.2) is 52.4 Å². The number of aliphatic hydroxyl groups is 2. The summed E-state index contributed by atoms with van der Waals surface area (Å²) in [5, 5.41) is 29.2. The maximum absolute atomic E-state index is 13.8. The molecule has 1 fully saturated rings. The van der Waals surface area contributed by atoms with Crippen LogP contribution in [0.1, 0.15) is 6.04 Å². The number of hydrogen-bond acceptors (Lipinski definition) is 10. The molecule has 0 aliphatic carbocycles. The zero-order valence-corrected chi connectivity index (χ0v) is 21.0. The lowest BCUT2D eigenvalue weighted by Gasteiger charge is -2.43. The van der Waals surface area contributed by atoms with Gasteiger partial charge in [-0.3, -0.25) is 0 Å². The molecule has 0 amide bonds. The molecule has 1 aliphatic heterocycles. The predicted octanol–water partition coefficient (Wildman–Crippen LogP) is 3.49. The zero-order valence-electron chi connectivity index (χ0n) is 19.4. The molecule has 4 heterocycles. The van der Waals surface area contributed by atoms with E-state index in [1.54, 1.807) is 6.07 Å². The van der Waals surface area contributed by atoms with Gasteiger partial charge in [-0.15, -0.1) is 5.10 Å². The fourth-order valence-electron chi connectivity index (χ4n) is 4.10. The van der Waals surface area contributed by atoms with E-state index in [4.69, 9.17) is 25.5 Å². The second-order valence-corrected chi connectivity index (χ2v) is 9.78. The molecule has 5 atom stereocenters. The van der Waals surface area contributed by atoms with Crippen molar-refractivity contribution in [3.8, 4) is 22.8 Å². The van der Waals surface area contributed by atoms with E-state index in [1.807, 2.05) is 0 Å². The van der Waals surface area contributed by atoms with Gasteiger partial charge >= 0.3 is 0 Å². The number of benzene rings is 1. The number of hydrogen-bond donors (Lipinski definition) is 2. The Balaban J connectivity index is 1.50. The monoisotopic (exact) mass is 569 g/mol. The number of oxazole rings is 1. The fraction of sp³-hybridized carbons (Fsp3) is 0.304. The van der Waals surface area contributed by atoms with Gasteiger partial charge in [-0.25, -0.2) is 27.8 Å². The predicted molar refractivity (Wildman–Crippen MR) is 128 cm³/mol. The molecule has 15 heteroatoms. The third kappa shape index (κ3) is 5.02. The minimum absolute atomic E-state index is 0.0197. The summed E-state index contributed by atoms with van der Waals surface area (Å²) in [6, 6.07) is 2.24. The summed E-state index contributed by atoms with van der Waals surface area (Å²) in [6.45, 7) is -0.540. The Bertz CT molecular complexity index is 1410. The van der Waals surface area contributed by atoms with Crippen LogP contribution in [0.2, 0.25) is 5.02 Å². The van der Waals surface area contributed by atoms with Gasteiger partial charge in [0.15, 0.2) is 17.5 Å². The average Bonchev–Trinajstić information content (AvgIpc) is 3.60. The molecule has 200 valence electrons. The van der Waals surface area contributed by atoms with Crippen LogP contribution in [-0.4, -0.2) is 72.6 Å². The smallest absolute Gasteiger partial charge is 0.246 e. The topological polar surface area (TPSA) is 129 Å². The van der Waals surface area contributed by atoms with Crippen molar-refractivity contribution in [2.24, 2.45) is 0 Å². The number of ether oxygens (including phenoxy) is 2. The third-order valence-corrected chi connectivity index (χ3v) is 7.27. The van der Waals surface area contributed by atoms with Crippen molar-refractivity contribution in [2.75, 3.05) is 13.7 Å². The van der Waals surface area contributed by atoms with Crippen LogP contribution in [0.3, 0.4) is 0 Å². The second kappa shape index (κ2) is 11.0. The van der Waals surface area contributed by atoms with Gasteiger partial charge < -0.3 is 24.1 Å². The summed E-state index contributed by atoms with van der Waals surface area (Å²) in [7, 11) is 1.40. The number of halogens is 4. The lowest BCUT2D eigenvalue weighted by molar-refractivity contribution is -0.186. The molecule has 2 N–H and O–H groups in total. The molecule has 0 saturated carbocycles. The SMILES string of the molecule is COC1[C@@H](Sc2cc(Cl)cnc2-c2ncco2)OC(CO)[C@H](O)[C@@H]1n1cc(-c2cc(F)c(F)c(F)c2)nn1. The van der Waals surface area contributed by atoms with Crippen molar-refractivity contribution in [2.45, 2.75) is 34.7 Å². The van der Waals surface area contributed by atoms with Crippen LogP contribution in [0.5, 0.6) is 0 Å². The number of aromatic nitrogens is 5. The molecule has 2 unspecified atom stereocenters. The van der Waals surface area contributed by atoms with Gasteiger partial charge in [0.1, 0.15) is 47.4 Å². The van der Waals surface area contributed by atoms with Crippen molar-refractivity contribution in [3.63, 3.8) is 0 Å². The Morgan fingerprint density at radius 3 is 2.61 bits per heavy atom. The Kier molecular flexibility index (Phi) is 7.70. The van der Waals surface area contributed by atoms with Crippen LogP contribution < -0.4 is 0 Å². The minimum atomic E-state index is -1.61. The van der Waals surface area contributed by atoms with Crippen molar-refractivity contribution in [1.82, 2.24) is 25.0 Å². The number of rotatable bonds is 7. The van der Waals surface area contributed by atoms with Gasteiger partial charge in [0.2, 0.25) is 5.89 Å². The highest BCUT2D eigenvalue weighted by Gasteiger charge is 2.47. The van der Waals surface area contributed by atoms with E-state index in [2.05, 4.69) is 20.3 Å². The summed E-state index contributed by atoms with van der Waals surface area (Å²) < 4.78 is 59.3. The van der Waals surface area contributed by atoms with Gasteiger partial charge in [-0.05, 0) is 18.2 Å². The van der Waals surface area contributed by atoms with E-state index < -0.39 is 53.8 Å². The number of thioether (sulfide) groups is 1. The average molecular weight is 570 g/mol. The highest BCUT2D eigenvalue weighted by Crippen LogP contribution is 2.42. The Labute approximate surface area is 222 Å². The number of nitrogens with zero attached hydrogens (tertiary/aromatic N) is 5. The van der Waals surface area contributed by atoms with E-state index in [9.17, 15) is 23.4 Å². The van der Waals surface area contributed by atoms with Gasteiger partial charge in [0, 0.05) is 23.8 Å². The fourth-order valence-corrected chi connectivity index (χ4v) is 5.63. The minimum Gasteiger partial charge on any atom is -0.443 e. The van der Waals surface area contributed by atoms with E-state index in [0.29, 0.717) is 15.6 Å². The first-order valence-electron chi connectivity index (χ1n) is 11.1. The number of aliphatic hydroxyl groups excluding tert-OH is 2. The molecular weight excluding hydrogens is 551 g/mol. The molecule has 1 aliphatic rings. The molecule has 38 heavy (non-hydrogen) atoms. The Hall–Kier alpha value is -3.01. The summed E-state index contributed by atoms with van der Waals surface area (Å²) in [5.74, 6) is -4.14. The molecule has 0 radical (unpaired) electrons. The van der Waals surface area contributed by atoms with Gasteiger partial charge in [0.05, 0.1) is 24.0 Å². The molecule has 5 rings (SSSR count). The van der Waals surface area contributed by atoms with Gasteiger partial charge in [-0.2, -0.15) is 0 Å². The molecule has 0 bridgehead atoms. The molecular formula is C23H19ClF3N5O5S. The first kappa shape index (κ1) is 26.6. The summed E-state index contributed by atoms with van der Waals surface area (Å²) in [6.07, 6.45) is 2.35. The maximum Gasteiger partial charge on any atom is 0.246 e. The first-order valence-corrected chi connectivity index (χ1v) is 12.3. The standard InChI is InChI=1S/C23H19ClF3N5O5S/c1-35-21-19(32-8-14(30-31-32)10-4-12(25)17(27)13(26)5-10)20(34)15(9-33)37-23(21)38-16-6-11(24)7-29-18(16)22-28-2-3-36-22/h2-8,15,19-21,23,33-34H,9H2,1H3/t15?,19-,20-,21?,23+/m0/s1. The molecule has 3 aromatic heterocycles. The van der Waals surface area contributed by atoms with Crippen LogP contribution >= 0.6 is 23.4 Å². The highest BCUT2D eigenvalue weighted by atomic mass is 35.5. The number of methoxy groups -OCH3 is 1. The summed E-state index contributed by atoms with van der Waals surface area (Å²) in [5.41, 5.74) is -0.498.